The molecule has 0 spiro atoms. The van der Waals surface area contributed by atoms with Crippen molar-refractivity contribution < 1.29 is 44.6 Å². The van der Waals surface area contributed by atoms with Gasteiger partial charge < -0.3 is 40.7 Å². The van der Waals surface area contributed by atoms with Crippen LogP contribution in [0, 0.1) is 0 Å². The maximum Gasteiger partial charge on any atom is 0.343 e. The van der Waals surface area contributed by atoms with Crippen LogP contribution in [0.3, 0.4) is 0 Å². The summed E-state index contributed by atoms with van der Waals surface area (Å²) in [6.07, 6.45) is -5.95. The van der Waals surface area contributed by atoms with E-state index >= 15 is 0 Å². The standard InChI is InChI=1S/C11H19NO9/c1-11(10(18)19,5(15)3-14)21-8-6(12)9(17)20-4(2-13)7(8)16/h4,6-9,13-14,16-17H,2-3,12H2,1H3,(H,18,19)/t4-,6-,7-,8-,9+,11?/m1/s1. The minimum atomic E-state index is -2.46. The lowest BCUT2D eigenvalue weighted by Crippen LogP contribution is -2.66. The van der Waals surface area contributed by atoms with Gasteiger partial charge in [-0.15, -0.1) is 0 Å². The lowest BCUT2D eigenvalue weighted by molar-refractivity contribution is -0.271. The Morgan fingerprint density at radius 3 is 2.33 bits per heavy atom. The summed E-state index contributed by atoms with van der Waals surface area (Å²) in [4.78, 5) is 22.8. The molecule has 0 saturated carbocycles. The Hall–Kier alpha value is -1.14. The Bertz CT molecular complexity index is 403. The molecule has 0 aromatic carbocycles. The monoisotopic (exact) mass is 309 g/mol. The molecular weight excluding hydrogens is 290 g/mol. The molecule has 6 atom stereocenters. The zero-order valence-corrected chi connectivity index (χ0v) is 11.2. The fourth-order valence-electron chi connectivity index (χ4n) is 1.91. The number of hydrogen-bond donors (Lipinski definition) is 6. The first-order valence-electron chi connectivity index (χ1n) is 6.12. The van der Waals surface area contributed by atoms with E-state index in [9.17, 15) is 19.8 Å². The van der Waals surface area contributed by atoms with E-state index < -0.39 is 61.2 Å². The van der Waals surface area contributed by atoms with E-state index in [1.165, 1.54) is 0 Å². The van der Waals surface area contributed by atoms with Crippen LogP contribution >= 0.6 is 0 Å². The maximum absolute atomic E-state index is 11.6. The number of ether oxygens (including phenoxy) is 2. The van der Waals surface area contributed by atoms with Gasteiger partial charge in [0.25, 0.3) is 0 Å². The summed E-state index contributed by atoms with van der Waals surface area (Å²) in [6.45, 7) is -0.880. The molecule has 0 aromatic heterocycles. The second kappa shape index (κ2) is 6.75. The topological polar surface area (TPSA) is 180 Å². The molecular formula is C11H19NO9. The lowest BCUT2D eigenvalue weighted by atomic mass is 9.94. The quantitative estimate of drug-likeness (QED) is 0.266. The van der Waals surface area contributed by atoms with Crippen molar-refractivity contribution in [3.05, 3.63) is 0 Å². The summed E-state index contributed by atoms with van der Waals surface area (Å²) in [6, 6.07) is -1.35. The number of Topliss-reactive ketones (excluding diaryl/α,β-unsaturated/α-hetero) is 1. The summed E-state index contributed by atoms with van der Waals surface area (Å²) >= 11 is 0. The van der Waals surface area contributed by atoms with Crippen LogP contribution in [0.5, 0.6) is 0 Å². The molecule has 1 fully saturated rings. The van der Waals surface area contributed by atoms with Crippen molar-refractivity contribution >= 4 is 11.8 Å². The number of carboxylic acids is 1. The maximum atomic E-state index is 11.6. The van der Waals surface area contributed by atoms with Gasteiger partial charge in [0.1, 0.15) is 24.9 Å². The van der Waals surface area contributed by atoms with Crippen LogP contribution in [0.25, 0.3) is 0 Å². The summed E-state index contributed by atoms with van der Waals surface area (Å²) in [5.41, 5.74) is 3.11. The fraction of sp³-hybridized carbons (Fsp3) is 0.818. The lowest BCUT2D eigenvalue weighted by Gasteiger charge is -2.43. The van der Waals surface area contributed by atoms with E-state index in [0.717, 1.165) is 6.92 Å². The minimum Gasteiger partial charge on any atom is -0.479 e. The second-order valence-corrected chi connectivity index (χ2v) is 4.82. The molecule has 1 saturated heterocycles. The molecule has 7 N–H and O–H groups in total. The Labute approximate surface area is 119 Å². The van der Waals surface area contributed by atoms with Crippen molar-refractivity contribution in [2.75, 3.05) is 13.2 Å². The number of nitrogens with two attached hydrogens (primary N) is 1. The summed E-state index contributed by atoms with van der Waals surface area (Å²) in [5.74, 6) is -2.85. The number of rotatable bonds is 6. The molecule has 21 heavy (non-hydrogen) atoms. The number of carbonyl (C=O) groups excluding carboxylic acids is 1. The van der Waals surface area contributed by atoms with E-state index in [0.29, 0.717) is 0 Å². The highest BCUT2D eigenvalue weighted by atomic mass is 16.6. The highest BCUT2D eigenvalue weighted by Crippen LogP contribution is 2.26. The molecule has 1 aliphatic rings. The largest absolute Gasteiger partial charge is 0.479 e. The van der Waals surface area contributed by atoms with E-state index in [4.69, 9.17) is 30.5 Å². The third-order valence-electron chi connectivity index (χ3n) is 3.38. The Morgan fingerprint density at radius 2 is 1.90 bits per heavy atom. The average molecular weight is 309 g/mol. The van der Waals surface area contributed by atoms with Crippen LogP contribution in [-0.2, 0) is 19.1 Å². The molecule has 0 aliphatic carbocycles. The van der Waals surface area contributed by atoms with E-state index in [1.807, 2.05) is 0 Å². The molecule has 1 aliphatic heterocycles. The average Bonchev–Trinajstić information content (AvgIpc) is 2.45. The second-order valence-electron chi connectivity index (χ2n) is 4.82. The first-order valence-corrected chi connectivity index (χ1v) is 6.12. The van der Waals surface area contributed by atoms with Crippen molar-refractivity contribution in [3.63, 3.8) is 0 Å². The zero-order valence-electron chi connectivity index (χ0n) is 11.2. The van der Waals surface area contributed by atoms with E-state index in [-0.39, 0.29) is 0 Å². The van der Waals surface area contributed by atoms with E-state index in [2.05, 4.69) is 0 Å². The number of ketones is 1. The van der Waals surface area contributed by atoms with Crippen molar-refractivity contribution in [1.82, 2.24) is 0 Å². The first-order chi connectivity index (χ1) is 9.68. The highest BCUT2D eigenvalue weighted by molar-refractivity contribution is 6.06. The van der Waals surface area contributed by atoms with Gasteiger partial charge in [0.15, 0.2) is 6.29 Å². The van der Waals surface area contributed by atoms with Gasteiger partial charge in [-0.05, 0) is 6.92 Å². The van der Waals surface area contributed by atoms with Crippen LogP contribution in [0.15, 0.2) is 0 Å². The molecule has 0 radical (unpaired) electrons. The van der Waals surface area contributed by atoms with Crippen LogP contribution in [0.1, 0.15) is 6.92 Å². The number of aliphatic carboxylic acids is 1. The molecule has 10 nitrogen and oxygen atoms in total. The van der Waals surface area contributed by atoms with Gasteiger partial charge in [-0.1, -0.05) is 0 Å². The van der Waals surface area contributed by atoms with Crippen molar-refractivity contribution in [2.45, 2.75) is 43.2 Å². The van der Waals surface area contributed by atoms with Crippen LogP contribution in [-0.4, -0.2) is 86.7 Å². The normalized spacial score (nSPS) is 36.0. The fourth-order valence-corrected chi connectivity index (χ4v) is 1.91. The minimum absolute atomic E-state index is 0.678. The van der Waals surface area contributed by atoms with Gasteiger partial charge in [0.2, 0.25) is 11.4 Å². The predicted octanol–water partition coefficient (Wildman–Crippen LogP) is -3.83. The molecule has 1 rings (SSSR count). The Kier molecular flexibility index (Phi) is 5.75. The van der Waals surface area contributed by atoms with Gasteiger partial charge >= 0.3 is 5.97 Å². The number of aliphatic hydroxyl groups excluding tert-OH is 4. The molecule has 0 aromatic rings. The summed E-state index contributed by atoms with van der Waals surface area (Å²) in [7, 11) is 0. The zero-order chi connectivity index (χ0) is 16.4. The van der Waals surface area contributed by atoms with Gasteiger partial charge in [0, 0.05) is 0 Å². The summed E-state index contributed by atoms with van der Waals surface area (Å²) < 4.78 is 9.91. The van der Waals surface area contributed by atoms with Crippen molar-refractivity contribution in [2.24, 2.45) is 5.73 Å². The molecule has 1 unspecified atom stereocenters. The number of carboxylic acid groups (broad SMARTS) is 1. The van der Waals surface area contributed by atoms with Crippen LogP contribution < -0.4 is 5.73 Å². The van der Waals surface area contributed by atoms with Crippen LogP contribution in [0.2, 0.25) is 0 Å². The molecule has 1 heterocycles. The predicted molar refractivity (Wildman–Crippen MR) is 65.0 cm³/mol. The van der Waals surface area contributed by atoms with Gasteiger partial charge in [0.05, 0.1) is 12.6 Å². The van der Waals surface area contributed by atoms with Gasteiger partial charge in [-0.2, -0.15) is 0 Å². The molecule has 10 heteroatoms. The molecule has 0 amide bonds. The molecule has 122 valence electrons. The van der Waals surface area contributed by atoms with Crippen LogP contribution in [0.4, 0.5) is 0 Å². The Morgan fingerprint density at radius 1 is 1.33 bits per heavy atom. The van der Waals surface area contributed by atoms with Crippen molar-refractivity contribution in [3.8, 4) is 0 Å². The van der Waals surface area contributed by atoms with E-state index in [1.54, 1.807) is 0 Å². The smallest absolute Gasteiger partial charge is 0.343 e. The summed E-state index contributed by atoms with van der Waals surface area (Å²) in [5, 5.41) is 46.5. The van der Waals surface area contributed by atoms with Gasteiger partial charge in [-0.3, -0.25) is 4.79 Å². The van der Waals surface area contributed by atoms with Crippen molar-refractivity contribution in [1.29, 1.82) is 0 Å². The third kappa shape index (κ3) is 3.37. The Balaban J connectivity index is 3.05. The molecule has 0 bridgehead atoms. The van der Waals surface area contributed by atoms with Gasteiger partial charge in [-0.25, -0.2) is 4.79 Å². The first kappa shape index (κ1) is 17.9. The number of carbonyl (C=O) groups is 2. The third-order valence-corrected chi connectivity index (χ3v) is 3.38. The SMILES string of the molecule is CC(O[C@@H]1[C@@H](N)[C@@H](O)O[C@H](CO)[C@H]1O)(C(=O)O)C(=O)CO. The highest BCUT2D eigenvalue weighted by Gasteiger charge is 2.51. The number of aliphatic hydroxyl groups is 4. The number of hydrogen-bond acceptors (Lipinski definition) is 9.